The van der Waals surface area contributed by atoms with Gasteiger partial charge in [0, 0.05) is 26.2 Å². The number of halogens is 1. The maximum Gasteiger partial charge on any atom is 0.266 e. The van der Waals surface area contributed by atoms with Gasteiger partial charge in [-0.3, -0.25) is 9.59 Å². The molecule has 27 heavy (non-hydrogen) atoms. The average molecular weight is 371 g/mol. The number of para-hydroxylation sites is 2. The molecule has 1 saturated heterocycles. The Morgan fingerprint density at radius 1 is 1.19 bits per heavy atom. The highest BCUT2D eigenvalue weighted by Crippen LogP contribution is 2.29. The standard InChI is InChI=1S/C18H18FN5O3/c19-12-10-20-18(21-11-12)24-7-5-23(6-8-24)16(25)9-15-17(26)22-13-3-1-2-4-14(13)27-15/h1-4,10-11,15H,5-9H2,(H,22,26). The fourth-order valence-electron chi connectivity index (χ4n) is 3.14. The third-order valence-corrected chi connectivity index (χ3v) is 4.59. The number of anilines is 2. The third kappa shape index (κ3) is 3.67. The number of nitrogens with zero attached hydrogens (tertiary/aromatic N) is 4. The molecule has 0 aliphatic carbocycles. The largest absolute Gasteiger partial charge is 0.478 e. The van der Waals surface area contributed by atoms with E-state index in [0.717, 1.165) is 12.4 Å². The van der Waals surface area contributed by atoms with E-state index >= 15 is 0 Å². The molecule has 1 aromatic heterocycles. The highest BCUT2D eigenvalue weighted by molar-refractivity contribution is 5.99. The van der Waals surface area contributed by atoms with Gasteiger partial charge in [-0.2, -0.15) is 0 Å². The van der Waals surface area contributed by atoms with E-state index in [9.17, 15) is 14.0 Å². The number of amides is 2. The van der Waals surface area contributed by atoms with Crippen molar-refractivity contribution in [2.45, 2.75) is 12.5 Å². The van der Waals surface area contributed by atoms with E-state index in [2.05, 4.69) is 15.3 Å². The van der Waals surface area contributed by atoms with Crippen LogP contribution in [0.5, 0.6) is 5.75 Å². The maximum absolute atomic E-state index is 12.9. The van der Waals surface area contributed by atoms with Crippen LogP contribution in [0.25, 0.3) is 0 Å². The van der Waals surface area contributed by atoms with E-state index in [-0.39, 0.29) is 18.2 Å². The van der Waals surface area contributed by atoms with E-state index in [4.69, 9.17) is 4.74 Å². The van der Waals surface area contributed by atoms with E-state index in [1.165, 1.54) is 0 Å². The van der Waals surface area contributed by atoms with E-state index in [1.807, 2.05) is 11.0 Å². The molecule has 3 heterocycles. The molecule has 2 aromatic rings. The van der Waals surface area contributed by atoms with Gasteiger partial charge in [0.05, 0.1) is 24.5 Å². The summed E-state index contributed by atoms with van der Waals surface area (Å²) in [5.41, 5.74) is 0.610. The predicted molar refractivity (Wildman–Crippen MR) is 94.9 cm³/mol. The summed E-state index contributed by atoms with van der Waals surface area (Å²) in [6.07, 6.45) is 1.38. The molecule has 1 N–H and O–H groups in total. The number of carbonyl (C=O) groups excluding carboxylic acids is 2. The van der Waals surface area contributed by atoms with Gasteiger partial charge in [0.25, 0.3) is 5.91 Å². The van der Waals surface area contributed by atoms with Crippen LogP contribution in [0.2, 0.25) is 0 Å². The van der Waals surface area contributed by atoms with Gasteiger partial charge < -0.3 is 19.9 Å². The molecule has 0 spiro atoms. The summed E-state index contributed by atoms with van der Waals surface area (Å²) in [6.45, 7) is 2.03. The molecule has 1 unspecified atom stereocenters. The van der Waals surface area contributed by atoms with Crippen LogP contribution in [0, 0.1) is 5.82 Å². The molecule has 2 aliphatic rings. The lowest BCUT2D eigenvalue weighted by Gasteiger charge is -2.35. The molecule has 2 amide bonds. The van der Waals surface area contributed by atoms with Crippen LogP contribution in [0.4, 0.5) is 16.0 Å². The summed E-state index contributed by atoms with van der Waals surface area (Å²) < 4.78 is 18.6. The highest BCUT2D eigenvalue weighted by atomic mass is 19.1. The molecular weight excluding hydrogens is 353 g/mol. The number of fused-ring (bicyclic) bond motifs is 1. The number of benzene rings is 1. The minimum atomic E-state index is -0.842. The monoisotopic (exact) mass is 371 g/mol. The SMILES string of the molecule is O=C1Nc2ccccc2OC1CC(=O)N1CCN(c2ncc(F)cn2)CC1. The number of carbonyl (C=O) groups is 2. The molecule has 2 aliphatic heterocycles. The first kappa shape index (κ1) is 17.2. The lowest BCUT2D eigenvalue weighted by Crippen LogP contribution is -2.51. The van der Waals surface area contributed by atoms with E-state index in [0.29, 0.717) is 43.6 Å². The normalized spacial score (nSPS) is 19.1. The van der Waals surface area contributed by atoms with Gasteiger partial charge in [-0.25, -0.2) is 14.4 Å². The third-order valence-electron chi connectivity index (χ3n) is 4.59. The minimum absolute atomic E-state index is 0.0206. The number of hydrogen-bond donors (Lipinski definition) is 1. The van der Waals surface area contributed by atoms with Crippen molar-refractivity contribution >= 4 is 23.5 Å². The average Bonchev–Trinajstić information content (AvgIpc) is 2.69. The molecule has 8 nitrogen and oxygen atoms in total. The van der Waals surface area contributed by atoms with Crippen LogP contribution in [0.3, 0.4) is 0 Å². The second kappa shape index (κ2) is 7.18. The van der Waals surface area contributed by atoms with Crippen LogP contribution in [-0.2, 0) is 9.59 Å². The van der Waals surface area contributed by atoms with Gasteiger partial charge in [-0.1, -0.05) is 12.1 Å². The Hall–Kier alpha value is -3.23. The van der Waals surface area contributed by atoms with Crippen LogP contribution in [0.15, 0.2) is 36.7 Å². The summed E-state index contributed by atoms with van der Waals surface area (Å²) in [5, 5.41) is 2.76. The van der Waals surface area contributed by atoms with Gasteiger partial charge in [0.2, 0.25) is 11.9 Å². The summed E-state index contributed by atoms with van der Waals surface area (Å²) >= 11 is 0. The molecule has 1 aromatic carbocycles. The highest BCUT2D eigenvalue weighted by Gasteiger charge is 2.32. The van der Waals surface area contributed by atoms with Crippen molar-refractivity contribution in [3.8, 4) is 5.75 Å². The number of aromatic nitrogens is 2. The fourth-order valence-corrected chi connectivity index (χ4v) is 3.14. The smallest absolute Gasteiger partial charge is 0.266 e. The Balaban J connectivity index is 1.33. The summed E-state index contributed by atoms with van der Waals surface area (Å²) in [6, 6.07) is 7.12. The van der Waals surface area contributed by atoms with Crippen LogP contribution >= 0.6 is 0 Å². The van der Waals surface area contributed by atoms with Crippen molar-refractivity contribution in [1.82, 2.24) is 14.9 Å². The van der Waals surface area contributed by atoms with Gasteiger partial charge in [0.15, 0.2) is 11.9 Å². The zero-order valence-electron chi connectivity index (χ0n) is 14.5. The number of piperazine rings is 1. The van der Waals surface area contributed by atoms with Gasteiger partial charge in [-0.05, 0) is 12.1 Å². The van der Waals surface area contributed by atoms with Crippen molar-refractivity contribution in [1.29, 1.82) is 0 Å². The molecule has 0 bridgehead atoms. The van der Waals surface area contributed by atoms with Crippen LogP contribution in [-0.4, -0.2) is 59.0 Å². The van der Waals surface area contributed by atoms with Gasteiger partial charge >= 0.3 is 0 Å². The van der Waals surface area contributed by atoms with Crippen LogP contribution < -0.4 is 15.0 Å². The molecule has 0 radical (unpaired) electrons. The lowest BCUT2D eigenvalue weighted by molar-refractivity contribution is -0.137. The first-order valence-electron chi connectivity index (χ1n) is 8.67. The van der Waals surface area contributed by atoms with E-state index in [1.54, 1.807) is 23.1 Å². The summed E-state index contributed by atoms with van der Waals surface area (Å²) in [7, 11) is 0. The maximum atomic E-state index is 12.9. The molecule has 4 rings (SSSR count). The van der Waals surface area contributed by atoms with Crippen LogP contribution in [0.1, 0.15) is 6.42 Å². The predicted octanol–water partition coefficient (Wildman–Crippen LogP) is 1.05. The number of nitrogens with one attached hydrogen (secondary N) is 1. The Bertz CT molecular complexity index is 852. The number of hydrogen-bond acceptors (Lipinski definition) is 6. The Morgan fingerprint density at radius 2 is 1.89 bits per heavy atom. The van der Waals surface area contributed by atoms with Gasteiger partial charge in [-0.15, -0.1) is 0 Å². The first-order valence-corrected chi connectivity index (χ1v) is 8.67. The molecule has 9 heteroatoms. The first-order chi connectivity index (χ1) is 13.1. The van der Waals surface area contributed by atoms with Crippen molar-refractivity contribution in [2.75, 3.05) is 36.4 Å². The zero-order valence-corrected chi connectivity index (χ0v) is 14.5. The van der Waals surface area contributed by atoms with E-state index < -0.39 is 11.9 Å². The molecule has 0 saturated carbocycles. The Kier molecular flexibility index (Phi) is 4.57. The summed E-state index contributed by atoms with van der Waals surface area (Å²) in [5.74, 6) is 0.0535. The fraction of sp³-hybridized carbons (Fsp3) is 0.333. The molecule has 140 valence electrons. The second-order valence-electron chi connectivity index (χ2n) is 6.37. The summed E-state index contributed by atoms with van der Waals surface area (Å²) in [4.78, 5) is 36.3. The number of ether oxygens (including phenoxy) is 1. The lowest BCUT2D eigenvalue weighted by atomic mass is 10.1. The molecule has 1 fully saturated rings. The minimum Gasteiger partial charge on any atom is -0.478 e. The zero-order chi connectivity index (χ0) is 18.8. The number of rotatable bonds is 3. The van der Waals surface area contributed by atoms with Gasteiger partial charge in [0.1, 0.15) is 5.75 Å². The van der Waals surface area contributed by atoms with Crippen molar-refractivity contribution in [3.05, 3.63) is 42.5 Å². The second-order valence-corrected chi connectivity index (χ2v) is 6.37. The Morgan fingerprint density at radius 3 is 2.63 bits per heavy atom. The molecule has 1 atom stereocenters. The topological polar surface area (TPSA) is 87.7 Å². The quantitative estimate of drug-likeness (QED) is 0.868. The molecular formula is C18H18FN5O3. The van der Waals surface area contributed by atoms with Crippen molar-refractivity contribution in [3.63, 3.8) is 0 Å². The van der Waals surface area contributed by atoms with Crippen molar-refractivity contribution in [2.24, 2.45) is 0 Å². The van der Waals surface area contributed by atoms with Crippen molar-refractivity contribution < 1.29 is 18.7 Å². The Labute approximate surface area is 155 Å².